The van der Waals surface area contributed by atoms with Gasteiger partial charge in [0.25, 0.3) is 5.91 Å². The molecular weight excluding hydrogens is 252 g/mol. The van der Waals surface area contributed by atoms with Crippen LogP contribution in [-0.2, 0) is 21.0 Å². The van der Waals surface area contributed by atoms with Gasteiger partial charge in [0, 0.05) is 12.6 Å². The summed E-state index contributed by atoms with van der Waals surface area (Å²) in [5.41, 5.74) is 1.24. The summed E-state index contributed by atoms with van der Waals surface area (Å²) < 4.78 is 0. The van der Waals surface area contributed by atoms with Crippen LogP contribution >= 0.6 is 0 Å². The number of carbonyl (C=O) groups excluding carboxylic acids is 1. The van der Waals surface area contributed by atoms with Crippen molar-refractivity contribution in [1.82, 2.24) is 15.3 Å². The van der Waals surface area contributed by atoms with Crippen LogP contribution in [-0.4, -0.2) is 38.8 Å². The largest absolute Gasteiger partial charge is 0.477 e. The Morgan fingerprint density at radius 1 is 1.47 bits per heavy atom. The topological polar surface area (TPSA) is 114 Å². The van der Waals surface area contributed by atoms with E-state index in [0.717, 1.165) is 5.69 Å². The van der Waals surface area contributed by atoms with E-state index in [1.807, 2.05) is 6.92 Å². The Kier molecular flexibility index (Phi) is 3.69. The van der Waals surface area contributed by atoms with Crippen LogP contribution in [0.3, 0.4) is 0 Å². The van der Waals surface area contributed by atoms with E-state index in [2.05, 4.69) is 20.4 Å². The first kappa shape index (κ1) is 12.9. The van der Waals surface area contributed by atoms with Gasteiger partial charge in [-0.25, -0.2) is 4.79 Å². The number of nitrogens with one attached hydrogen (secondary N) is 1. The molecule has 19 heavy (non-hydrogen) atoms. The molecule has 1 aliphatic heterocycles. The lowest BCUT2D eigenvalue weighted by Crippen LogP contribution is -2.35. The summed E-state index contributed by atoms with van der Waals surface area (Å²) in [6, 6.07) is 0. The maximum atomic E-state index is 11.7. The smallest absolute Gasteiger partial charge is 0.353 e. The van der Waals surface area contributed by atoms with E-state index < -0.39 is 18.0 Å². The average molecular weight is 264 g/mol. The first-order valence-electron chi connectivity index (χ1n) is 5.57. The summed E-state index contributed by atoms with van der Waals surface area (Å²) in [5, 5.41) is 14.6. The highest BCUT2D eigenvalue weighted by Crippen LogP contribution is 2.10. The molecule has 1 aromatic heterocycles. The van der Waals surface area contributed by atoms with Gasteiger partial charge in [-0.2, -0.15) is 0 Å². The number of nitrogens with zero attached hydrogens (tertiary/aromatic N) is 3. The maximum Gasteiger partial charge on any atom is 0.353 e. The van der Waals surface area contributed by atoms with Crippen LogP contribution < -0.4 is 5.32 Å². The number of aliphatic carboxylic acids is 1. The third-order valence-electron chi connectivity index (χ3n) is 2.49. The molecule has 0 aromatic carbocycles. The Bertz CT molecular complexity index is 526. The molecule has 1 amide bonds. The highest BCUT2D eigenvalue weighted by molar-refractivity contribution is 6.36. The minimum Gasteiger partial charge on any atom is -0.477 e. The zero-order valence-corrected chi connectivity index (χ0v) is 10.2. The summed E-state index contributed by atoms with van der Waals surface area (Å²) in [6.07, 6.45) is 2.22. The molecule has 100 valence electrons. The molecule has 0 saturated heterocycles. The fourth-order valence-electron chi connectivity index (χ4n) is 1.45. The zero-order chi connectivity index (χ0) is 13.8. The Labute approximate surface area is 108 Å². The SMILES string of the molecule is Cc1cnc(CNC(=O)C2CC(C(=O)O)=NO2)cn1. The minimum absolute atomic E-state index is 0.0409. The third kappa shape index (κ3) is 3.24. The van der Waals surface area contributed by atoms with Gasteiger partial charge in [-0.15, -0.1) is 0 Å². The highest BCUT2D eigenvalue weighted by Gasteiger charge is 2.31. The Hall–Kier alpha value is -2.51. The Morgan fingerprint density at radius 3 is 2.84 bits per heavy atom. The molecule has 0 spiro atoms. The fraction of sp³-hybridized carbons (Fsp3) is 0.364. The molecule has 8 nitrogen and oxygen atoms in total. The van der Waals surface area contributed by atoms with Gasteiger partial charge in [0.2, 0.25) is 6.10 Å². The van der Waals surface area contributed by atoms with Crippen LogP contribution in [0.15, 0.2) is 17.5 Å². The average Bonchev–Trinajstić information content (AvgIpc) is 2.87. The van der Waals surface area contributed by atoms with Gasteiger partial charge in [-0.3, -0.25) is 14.8 Å². The first-order valence-corrected chi connectivity index (χ1v) is 5.57. The molecule has 0 saturated carbocycles. The summed E-state index contributed by atoms with van der Waals surface area (Å²) in [6.45, 7) is 2.01. The van der Waals surface area contributed by atoms with Gasteiger partial charge in [-0.05, 0) is 6.92 Å². The Morgan fingerprint density at radius 2 is 2.26 bits per heavy atom. The van der Waals surface area contributed by atoms with Crippen molar-refractivity contribution in [3.63, 3.8) is 0 Å². The molecular formula is C11H12N4O4. The van der Waals surface area contributed by atoms with E-state index in [1.165, 1.54) is 0 Å². The number of oxime groups is 1. The predicted molar refractivity (Wildman–Crippen MR) is 63.2 cm³/mol. The molecule has 2 rings (SSSR count). The van der Waals surface area contributed by atoms with Gasteiger partial charge < -0.3 is 15.3 Å². The number of hydrogen-bond acceptors (Lipinski definition) is 6. The second-order valence-corrected chi connectivity index (χ2v) is 4.01. The van der Waals surface area contributed by atoms with Crippen LogP contribution in [0, 0.1) is 6.92 Å². The predicted octanol–water partition coefficient (Wildman–Crippen LogP) is -0.369. The van der Waals surface area contributed by atoms with Crippen molar-refractivity contribution in [3.05, 3.63) is 23.8 Å². The van der Waals surface area contributed by atoms with E-state index in [9.17, 15) is 9.59 Å². The summed E-state index contributed by atoms with van der Waals surface area (Å²) >= 11 is 0. The number of amides is 1. The monoisotopic (exact) mass is 264 g/mol. The van der Waals surface area contributed by atoms with E-state index >= 15 is 0 Å². The van der Waals surface area contributed by atoms with Crippen molar-refractivity contribution in [2.45, 2.75) is 26.0 Å². The standard InChI is InChI=1S/C11H12N4O4/c1-6-3-13-7(4-12-6)5-14-10(16)9-2-8(11(17)18)15-19-9/h3-4,9H,2,5H2,1H3,(H,14,16)(H,17,18). The van der Waals surface area contributed by atoms with Gasteiger partial charge in [-0.1, -0.05) is 5.16 Å². The van der Waals surface area contributed by atoms with Crippen LogP contribution in [0.5, 0.6) is 0 Å². The molecule has 2 N–H and O–H groups in total. The normalized spacial score (nSPS) is 17.5. The molecule has 2 heterocycles. The van der Waals surface area contributed by atoms with Gasteiger partial charge >= 0.3 is 5.97 Å². The number of aromatic nitrogens is 2. The molecule has 1 aromatic rings. The first-order chi connectivity index (χ1) is 9.06. The highest BCUT2D eigenvalue weighted by atomic mass is 16.6. The number of rotatable bonds is 4. The number of carboxylic acid groups (broad SMARTS) is 1. The van der Waals surface area contributed by atoms with E-state index in [1.54, 1.807) is 12.4 Å². The van der Waals surface area contributed by atoms with Gasteiger partial charge in [0.15, 0.2) is 5.71 Å². The Balaban J connectivity index is 1.83. The van der Waals surface area contributed by atoms with Crippen molar-refractivity contribution in [2.24, 2.45) is 5.16 Å². The molecule has 0 fully saturated rings. The van der Waals surface area contributed by atoms with E-state index in [4.69, 9.17) is 9.94 Å². The van der Waals surface area contributed by atoms with Crippen molar-refractivity contribution in [1.29, 1.82) is 0 Å². The zero-order valence-electron chi connectivity index (χ0n) is 10.2. The summed E-state index contributed by atoms with van der Waals surface area (Å²) in [4.78, 5) is 35.2. The molecule has 0 radical (unpaired) electrons. The third-order valence-corrected chi connectivity index (χ3v) is 2.49. The number of hydrogen-bond donors (Lipinski definition) is 2. The minimum atomic E-state index is -1.18. The van der Waals surface area contributed by atoms with Gasteiger partial charge in [0.05, 0.1) is 24.1 Å². The molecule has 1 unspecified atom stereocenters. The molecule has 0 aliphatic carbocycles. The fourth-order valence-corrected chi connectivity index (χ4v) is 1.45. The number of carbonyl (C=O) groups is 2. The van der Waals surface area contributed by atoms with E-state index in [0.29, 0.717) is 5.69 Å². The quantitative estimate of drug-likeness (QED) is 0.767. The number of carboxylic acids is 1. The van der Waals surface area contributed by atoms with Crippen molar-refractivity contribution in [2.75, 3.05) is 0 Å². The second-order valence-electron chi connectivity index (χ2n) is 4.01. The molecule has 1 aliphatic rings. The lowest BCUT2D eigenvalue weighted by atomic mass is 10.1. The molecule has 1 atom stereocenters. The van der Waals surface area contributed by atoms with E-state index in [-0.39, 0.29) is 18.7 Å². The van der Waals surface area contributed by atoms with Gasteiger partial charge in [0.1, 0.15) is 0 Å². The second kappa shape index (κ2) is 5.42. The summed E-state index contributed by atoms with van der Waals surface area (Å²) in [7, 11) is 0. The summed E-state index contributed by atoms with van der Waals surface area (Å²) in [5.74, 6) is -1.61. The van der Waals surface area contributed by atoms with Crippen LogP contribution in [0.1, 0.15) is 17.8 Å². The van der Waals surface area contributed by atoms with Crippen LogP contribution in [0.25, 0.3) is 0 Å². The van der Waals surface area contributed by atoms with Crippen molar-refractivity contribution in [3.8, 4) is 0 Å². The molecule has 0 bridgehead atoms. The van der Waals surface area contributed by atoms with Crippen molar-refractivity contribution < 1.29 is 19.5 Å². The lowest BCUT2D eigenvalue weighted by molar-refractivity contribution is -0.131. The lowest BCUT2D eigenvalue weighted by Gasteiger charge is -2.08. The number of aryl methyl sites for hydroxylation is 1. The van der Waals surface area contributed by atoms with Crippen molar-refractivity contribution >= 4 is 17.6 Å². The molecule has 8 heteroatoms. The van der Waals surface area contributed by atoms with Crippen LogP contribution in [0.4, 0.5) is 0 Å². The maximum absolute atomic E-state index is 11.7. The van der Waals surface area contributed by atoms with Crippen LogP contribution in [0.2, 0.25) is 0 Å².